The van der Waals surface area contributed by atoms with E-state index in [1.165, 1.54) is 0 Å². The molecule has 0 bridgehead atoms. The van der Waals surface area contributed by atoms with Crippen LogP contribution in [0.25, 0.3) is 0 Å². The number of halogens is 2. The lowest BCUT2D eigenvalue weighted by atomic mass is 9.77. The summed E-state index contributed by atoms with van der Waals surface area (Å²) < 4.78 is 24.5. The molecule has 1 spiro atoms. The highest BCUT2D eigenvalue weighted by molar-refractivity contribution is 8.12. The summed E-state index contributed by atoms with van der Waals surface area (Å²) in [6.07, 6.45) is -4.18. The first-order valence-electron chi connectivity index (χ1n) is 10.5. The molecule has 3 aromatic carbocycles. The Kier molecular flexibility index (Phi) is 6.07. The fourth-order valence-electron chi connectivity index (χ4n) is 4.28. The van der Waals surface area contributed by atoms with Crippen molar-refractivity contribution < 1.29 is 23.3 Å². The van der Waals surface area contributed by atoms with E-state index in [1.807, 2.05) is 38.8 Å². The zero-order chi connectivity index (χ0) is 25.3. The van der Waals surface area contributed by atoms with Crippen LogP contribution in [0.2, 0.25) is 10.0 Å². The van der Waals surface area contributed by atoms with Crippen molar-refractivity contribution in [3.8, 4) is 23.0 Å². The molecule has 5 rings (SSSR count). The number of esters is 1. The Hall–Kier alpha value is -1.59. The van der Waals surface area contributed by atoms with Gasteiger partial charge in [-0.15, -0.1) is 0 Å². The molecule has 2 aliphatic rings. The minimum absolute atomic E-state index is 0.331. The zero-order valence-electron chi connectivity index (χ0n) is 19.1. The Bertz CT molecular complexity index is 1430. The number of benzene rings is 3. The number of ether oxygens (including phenoxy) is 2. The molecule has 2 aliphatic heterocycles. The molecule has 0 fully saturated rings. The SMILES string of the molecule is CP(C)(=S)Oc1cc2c(cc1Cl)C1(OC(=O)c3ccccc31)c1cc(Cl)c(OP(C)(C)=S)cc1O2. The third-order valence-electron chi connectivity index (χ3n) is 5.46. The van der Waals surface area contributed by atoms with Gasteiger partial charge in [0.1, 0.15) is 35.5 Å². The summed E-state index contributed by atoms with van der Waals surface area (Å²) in [5.74, 6) is 1.19. The van der Waals surface area contributed by atoms with Gasteiger partial charge in [-0.1, -0.05) is 65.0 Å². The number of carbonyl (C=O) groups is 1. The van der Waals surface area contributed by atoms with E-state index >= 15 is 0 Å². The lowest BCUT2D eigenvalue weighted by molar-refractivity contribution is 0.0224. The molecule has 0 aromatic heterocycles. The van der Waals surface area contributed by atoms with Gasteiger partial charge >= 0.3 is 5.97 Å². The van der Waals surface area contributed by atoms with Crippen molar-refractivity contribution in [1.29, 1.82) is 0 Å². The Morgan fingerprint density at radius 3 is 1.77 bits per heavy atom. The van der Waals surface area contributed by atoms with Crippen molar-refractivity contribution in [3.05, 3.63) is 80.8 Å². The number of hydrogen-bond acceptors (Lipinski definition) is 7. The average molecular weight is 585 g/mol. The van der Waals surface area contributed by atoms with E-state index in [4.69, 9.17) is 65.3 Å². The van der Waals surface area contributed by atoms with E-state index < -0.39 is 24.1 Å². The normalized spacial score (nSPS) is 15.5. The van der Waals surface area contributed by atoms with Crippen molar-refractivity contribution in [2.45, 2.75) is 5.60 Å². The molecule has 0 saturated heterocycles. The highest BCUT2D eigenvalue weighted by Gasteiger charge is 2.54. The number of hydrogen-bond donors (Lipinski definition) is 0. The lowest BCUT2D eigenvalue weighted by Gasteiger charge is -2.37. The molecular weight excluding hydrogens is 565 g/mol. The molecule has 3 aromatic rings. The molecule has 0 unspecified atom stereocenters. The quantitative estimate of drug-likeness (QED) is 0.231. The minimum Gasteiger partial charge on any atom is -0.465 e. The van der Waals surface area contributed by atoms with Gasteiger partial charge in [0.25, 0.3) is 0 Å². The van der Waals surface area contributed by atoms with Crippen LogP contribution in [0.5, 0.6) is 23.0 Å². The second-order valence-corrected chi connectivity index (χ2v) is 20.4. The second-order valence-electron chi connectivity index (χ2n) is 8.96. The Morgan fingerprint density at radius 1 is 0.800 bits per heavy atom. The van der Waals surface area contributed by atoms with E-state index in [2.05, 4.69) is 0 Å². The van der Waals surface area contributed by atoms with E-state index in [0.29, 0.717) is 55.3 Å². The molecule has 5 nitrogen and oxygen atoms in total. The Balaban J connectivity index is 1.81. The molecule has 2 heterocycles. The highest BCUT2D eigenvalue weighted by Crippen LogP contribution is 2.60. The lowest BCUT2D eigenvalue weighted by Crippen LogP contribution is -2.33. The van der Waals surface area contributed by atoms with Crippen molar-refractivity contribution in [1.82, 2.24) is 0 Å². The van der Waals surface area contributed by atoms with E-state index in [-0.39, 0.29) is 0 Å². The van der Waals surface area contributed by atoms with Crippen LogP contribution in [0.3, 0.4) is 0 Å². The van der Waals surface area contributed by atoms with Gasteiger partial charge in [0.05, 0.1) is 15.6 Å². The summed E-state index contributed by atoms with van der Waals surface area (Å²) in [7, 11) is 0. The van der Waals surface area contributed by atoms with Gasteiger partial charge in [-0.05, 0) is 44.9 Å². The van der Waals surface area contributed by atoms with Crippen molar-refractivity contribution in [2.75, 3.05) is 26.7 Å². The molecule has 0 atom stereocenters. The van der Waals surface area contributed by atoms with Crippen molar-refractivity contribution in [2.24, 2.45) is 0 Å². The highest BCUT2D eigenvalue weighted by atomic mass is 35.5. The summed E-state index contributed by atoms with van der Waals surface area (Å²) in [6.45, 7) is 7.43. The van der Waals surface area contributed by atoms with Crippen LogP contribution in [-0.2, 0) is 34.0 Å². The standard InChI is InChI=1S/C24H20Cl2O5P2S2/c1-32(2,34)30-21-11-19-15(9-17(21)25)24(14-8-6-5-7-13(14)23(27)29-24)16-10-18(26)22(12-20(16)28-19)31-33(3,4)35/h5-12H,1-4H3. The molecular formula is C24H20Cl2O5P2S2. The molecule has 0 aliphatic carbocycles. The number of rotatable bonds is 4. The third-order valence-corrected chi connectivity index (χ3v) is 7.77. The van der Waals surface area contributed by atoms with Gasteiger partial charge < -0.3 is 18.5 Å². The maximum absolute atomic E-state index is 13.0. The predicted octanol–water partition coefficient (Wildman–Crippen LogP) is 7.63. The van der Waals surface area contributed by atoms with Crippen molar-refractivity contribution >= 4 is 65.3 Å². The van der Waals surface area contributed by atoms with Gasteiger partial charge in [0.2, 0.25) is 0 Å². The molecule has 182 valence electrons. The maximum Gasteiger partial charge on any atom is 0.340 e. The fraction of sp³-hybridized carbons (Fsp3) is 0.208. The van der Waals surface area contributed by atoms with Gasteiger partial charge in [0.15, 0.2) is 5.60 Å². The van der Waals surface area contributed by atoms with Gasteiger partial charge in [0, 0.05) is 28.8 Å². The topological polar surface area (TPSA) is 54.0 Å². The average Bonchev–Trinajstić information content (AvgIpc) is 3.03. The number of carbonyl (C=O) groups excluding carboxylic acids is 1. The summed E-state index contributed by atoms with van der Waals surface area (Å²) in [6, 6.07) is 14.0. The molecule has 35 heavy (non-hydrogen) atoms. The largest absolute Gasteiger partial charge is 0.465 e. The van der Waals surface area contributed by atoms with E-state index in [9.17, 15) is 4.79 Å². The van der Waals surface area contributed by atoms with Crippen LogP contribution in [0.1, 0.15) is 27.0 Å². The van der Waals surface area contributed by atoms with Crippen LogP contribution in [0.15, 0.2) is 48.5 Å². The molecule has 0 amide bonds. The first-order valence-corrected chi connectivity index (χ1v) is 18.4. The molecule has 0 N–H and O–H groups in total. The van der Waals surface area contributed by atoms with Gasteiger partial charge in [-0.2, -0.15) is 0 Å². The van der Waals surface area contributed by atoms with Crippen LogP contribution in [-0.4, -0.2) is 32.6 Å². The predicted molar refractivity (Wildman–Crippen MR) is 148 cm³/mol. The smallest absolute Gasteiger partial charge is 0.340 e. The van der Waals surface area contributed by atoms with E-state index in [1.54, 1.807) is 36.4 Å². The van der Waals surface area contributed by atoms with Crippen molar-refractivity contribution in [3.63, 3.8) is 0 Å². The van der Waals surface area contributed by atoms with Crippen LogP contribution < -0.4 is 13.8 Å². The summed E-state index contributed by atoms with van der Waals surface area (Å²) in [4.78, 5) is 13.0. The molecule has 0 saturated carbocycles. The Labute approximate surface area is 223 Å². The first-order chi connectivity index (χ1) is 16.3. The third kappa shape index (κ3) is 4.41. The summed E-state index contributed by atoms with van der Waals surface area (Å²) in [5, 5.41) is 0.662. The van der Waals surface area contributed by atoms with Gasteiger partial charge in [-0.25, -0.2) is 4.79 Å². The fourth-order valence-corrected chi connectivity index (χ4v) is 6.53. The van der Waals surface area contributed by atoms with Crippen LogP contribution in [0, 0.1) is 0 Å². The summed E-state index contributed by atoms with van der Waals surface area (Å²) in [5.41, 5.74) is 0.911. The Morgan fingerprint density at radius 2 is 1.29 bits per heavy atom. The summed E-state index contributed by atoms with van der Waals surface area (Å²) >= 11 is 24.2. The first kappa shape index (κ1) is 25.1. The molecule has 0 radical (unpaired) electrons. The minimum atomic E-state index is -2.09. The number of fused-ring (bicyclic) bond motifs is 6. The zero-order valence-corrected chi connectivity index (χ0v) is 24.1. The van der Waals surface area contributed by atoms with Crippen LogP contribution >= 0.6 is 35.7 Å². The van der Waals surface area contributed by atoms with Crippen LogP contribution in [0.4, 0.5) is 0 Å². The second kappa shape index (κ2) is 8.48. The maximum atomic E-state index is 13.0. The van der Waals surface area contributed by atoms with E-state index in [0.717, 1.165) is 0 Å². The van der Waals surface area contributed by atoms with Gasteiger partial charge in [-0.3, -0.25) is 0 Å². The monoisotopic (exact) mass is 584 g/mol. The molecule has 11 heteroatoms.